The van der Waals surface area contributed by atoms with Crippen molar-refractivity contribution in [2.75, 3.05) is 0 Å². The first-order valence-corrected chi connectivity index (χ1v) is 4.74. The molecule has 0 bridgehead atoms. The van der Waals surface area contributed by atoms with E-state index in [-0.39, 0.29) is 11.8 Å². The van der Waals surface area contributed by atoms with Gasteiger partial charge in [0.05, 0.1) is 5.92 Å². The molecule has 0 aromatic carbocycles. The van der Waals surface area contributed by atoms with Gasteiger partial charge in [-0.25, -0.2) is 0 Å². The summed E-state index contributed by atoms with van der Waals surface area (Å²) < 4.78 is 0. The minimum Gasteiger partial charge on any atom is -0.369 e. The molecule has 0 aliphatic heterocycles. The molecule has 12 heavy (non-hydrogen) atoms. The molecule has 1 aliphatic carbocycles. The summed E-state index contributed by atoms with van der Waals surface area (Å²) in [5, 5.41) is 0. The molecule has 2 N–H and O–H groups in total. The lowest BCUT2D eigenvalue weighted by molar-refractivity contribution is -0.118. The van der Waals surface area contributed by atoms with Crippen LogP contribution in [0.1, 0.15) is 39.0 Å². The minimum absolute atomic E-state index is 0.0895. The van der Waals surface area contributed by atoms with Gasteiger partial charge in [-0.05, 0) is 19.3 Å². The number of amides is 1. The van der Waals surface area contributed by atoms with E-state index in [4.69, 9.17) is 5.73 Å². The summed E-state index contributed by atoms with van der Waals surface area (Å²) in [6.07, 6.45) is 8.00. The Kier molecular flexibility index (Phi) is 3.32. The number of hydrogen-bond acceptors (Lipinski definition) is 1. The maximum Gasteiger partial charge on any atom is 0.224 e. The second-order valence-corrected chi connectivity index (χ2v) is 3.43. The Morgan fingerprint density at radius 2 is 2.42 bits per heavy atom. The van der Waals surface area contributed by atoms with Crippen LogP contribution in [0.2, 0.25) is 0 Å². The average Bonchev–Trinajstić information content (AvgIpc) is 2.77. The summed E-state index contributed by atoms with van der Waals surface area (Å²) in [4.78, 5) is 10.6. The summed E-state index contributed by atoms with van der Waals surface area (Å²) in [6.45, 7) is 2.19. The van der Waals surface area contributed by atoms with Crippen molar-refractivity contribution in [2.45, 2.75) is 39.0 Å². The van der Waals surface area contributed by atoms with Crippen molar-refractivity contribution in [1.82, 2.24) is 0 Å². The van der Waals surface area contributed by atoms with Crippen LogP contribution in [0.25, 0.3) is 0 Å². The van der Waals surface area contributed by atoms with Gasteiger partial charge in [0.2, 0.25) is 5.91 Å². The molecule has 0 aromatic rings. The van der Waals surface area contributed by atoms with E-state index in [1.165, 1.54) is 24.8 Å². The second-order valence-electron chi connectivity index (χ2n) is 3.43. The third-order valence-corrected chi connectivity index (χ3v) is 2.28. The molecule has 0 spiro atoms. The molecule has 1 saturated carbocycles. The fourth-order valence-electron chi connectivity index (χ4n) is 1.37. The average molecular weight is 167 g/mol. The van der Waals surface area contributed by atoms with Crippen LogP contribution in [0.3, 0.4) is 0 Å². The molecular formula is C10H17NO. The predicted octanol–water partition coefficient (Wildman–Crippen LogP) is 2.00. The lowest BCUT2D eigenvalue weighted by Crippen LogP contribution is -2.12. The molecule has 1 fully saturated rings. The van der Waals surface area contributed by atoms with E-state index in [9.17, 15) is 4.79 Å². The Morgan fingerprint density at radius 1 is 1.67 bits per heavy atom. The number of primary amides is 1. The van der Waals surface area contributed by atoms with Crippen LogP contribution in [0.4, 0.5) is 0 Å². The molecule has 1 aliphatic rings. The van der Waals surface area contributed by atoms with Gasteiger partial charge in [0.1, 0.15) is 0 Å². The van der Waals surface area contributed by atoms with Crippen LogP contribution in [0.5, 0.6) is 0 Å². The van der Waals surface area contributed by atoms with E-state index in [0.29, 0.717) is 0 Å². The molecule has 0 heterocycles. The maximum atomic E-state index is 10.6. The summed E-state index contributed by atoms with van der Waals surface area (Å²) in [5.74, 6) is -0.0663. The standard InChI is InChI=1S/C10H17NO/c1-2-3-4-5-6-8-7-9(8)10(11)12/h6,9H,2-5,7H2,1H3,(H2,11,12). The molecule has 0 saturated heterocycles. The van der Waals surface area contributed by atoms with Crippen LogP contribution in [0.15, 0.2) is 11.6 Å². The topological polar surface area (TPSA) is 43.1 Å². The molecule has 1 atom stereocenters. The summed E-state index contributed by atoms with van der Waals surface area (Å²) >= 11 is 0. The Balaban J connectivity index is 2.11. The monoisotopic (exact) mass is 167 g/mol. The molecule has 1 rings (SSSR count). The Labute approximate surface area is 73.8 Å². The number of unbranched alkanes of at least 4 members (excludes halogenated alkanes) is 3. The minimum atomic E-state index is -0.156. The fourth-order valence-corrected chi connectivity index (χ4v) is 1.37. The fraction of sp³-hybridized carbons (Fsp3) is 0.700. The molecular weight excluding hydrogens is 150 g/mol. The zero-order valence-corrected chi connectivity index (χ0v) is 7.68. The van der Waals surface area contributed by atoms with Crippen LogP contribution in [-0.4, -0.2) is 5.91 Å². The van der Waals surface area contributed by atoms with Crippen molar-refractivity contribution in [3.8, 4) is 0 Å². The van der Waals surface area contributed by atoms with Gasteiger partial charge in [-0.2, -0.15) is 0 Å². The maximum absolute atomic E-state index is 10.6. The zero-order chi connectivity index (χ0) is 8.97. The van der Waals surface area contributed by atoms with E-state index >= 15 is 0 Å². The van der Waals surface area contributed by atoms with Crippen molar-refractivity contribution in [3.05, 3.63) is 11.6 Å². The van der Waals surface area contributed by atoms with E-state index in [2.05, 4.69) is 13.0 Å². The molecule has 68 valence electrons. The van der Waals surface area contributed by atoms with Crippen LogP contribution < -0.4 is 5.73 Å². The van der Waals surface area contributed by atoms with E-state index in [0.717, 1.165) is 12.8 Å². The lowest BCUT2D eigenvalue weighted by Gasteiger charge is -1.90. The van der Waals surface area contributed by atoms with Gasteiger partial charge < -0.3 is 5.73 Å². The second kappa shape index (κ2) is 4.29. The van der Waals surface area contributed by atoms with Gasteiger partial charge in [0.15, 0.2) is 0 Å². The first-order chi connectivity index (χ1) is 5.75. The van der Waals surface area contributed by atoms with Crippen molar-refractivity contribution in [3.63, 3.8) is 0 Å². The van der Waals surface area contributed by atoms with Gasteiger partial charge in [0, 0.05) is 0 Å². The van der Waals surface area contributed by atoms with Crippen LogP contribution in [-0.2, 0) is 4.79 Å². The molecule has 2 nitrogen and oxygen atoms in total. The molecule has 1 amide bonds. The molecule has 0 radical (unpaired) electrons. The predicted molar refractivity (Wildman–Crippen MR) is 49.5 cm³/mol. The highest BCUT2D eigenvalue weighted by Gasteiger charge is 2.34. The largest absolute Gasteiger partial charge is 0.369 e. The summed E-state index contributed by atoms with van der Waals surface area (Å²) in [7, 11) is 0. The van der Waals surface area contributed by atoms with Crippen LogP contribution >= 0.6 is 0 Å². The van der Waals surface area contributed by atoms with Gasteiger partial charge in [-0.1, -0.05) is 31.4 Å². The van der Waals surface area contributed by atoms with Crippen molar-refractivity contribution >= 4 is 5.91 Å². The van der Waals surface area contributed by atoms with Crippen LogP contribution in [0, 0.1) is 5.92 Å². The number of allylic oxidation sites excluding steroid dienone is 1. The highest BCUT2D eigenvalue weighted by molar-refractivity contribution is 5.84. The molecule has 2 heteroatoms. The summed E-state index contributed by atoms with van der Waals surface area (Å²) in [6, 6.07) is 0. The number of rotatable bonds is 5. The third kappa shape index (κ3) is 2.68. The van der Waals surface area contributed by atoms with Gasteiger partial charge >= 0.3 is 0 Å². The van der Waals surface area contributed by atoms with Crippen molar-refractivity contribution in [1.29, 1.82) is 0 Å². The quantitative estimate of drug-likeness (QED) is 0.494. The molecule has 0 aromatic heterocycles. The van der Waals surface area contributed by atoms with Gasteiger partial charge in [-0.15, -0.1) is 0 Å². The smallest absolute Gasteiger partial charge is 0.224 e. The number of carbonyl (C=O) groups excluding carboxylic acids is 1. The van der Waals surface area contributed by atoms with Gasteiger partial charge in [-0.3, -0.25) is 4.79 Å². The molecule has 1 unspecified atom stereocenters. The van der Waals surface area contributed by atoms with E-state index in [1.807, 2.05) is 0 Å². The highest BCUT2D eigenvalue weighted by Crippen LogP contribution is 2.37. The zero-order valence-electron chi connectivity index (χ0n) is 7.68. The highest BCUT2D eigenvalue weighted by atomic mass is 16.1. The number of carbonyl (C=O) groups is 1. The SMILES string of the molecule is CCCCCC=C1CC1C(N)=O. The first kappa shape index (κ1) is 9.30. The Morgan fingerprint density at radius 3 is 2.92 bits per heavy atom. The van der Waals surface area contributed by atoms with Gasteiger partial charge in [0.25, 0.3) is 0 Å². The number of hydrogen-bond donors (Lipinski definition) is 1. The van der Waals surface area contributed by atoms with Crippen molar-refractivity contribution in [2.24, 2.45) is 11.7 Å². The Bertz CT molecular complexity index is 196. The third-order valence-electron chi connectivity index (χ3n) is 2.28. The lowest BCUT2D eigenvalue weighted by atomic mass is 10.2. The van der Waals surface area contributed by atoms with E-state index < -0.39 is 0 Å². The van der Waals surface area contributed by atoms with E-state index in [1.54, 1.807) is 0 Å². The number of nitrogens with two attached hydrogens (primary N) is 1. The Hall–Kier alpha value is -0.790. The first-order valence-electron chi connectivity index (χ1n) is 4.74. The van der Waals surface area contributed by atoms with Crippen molar-refractivity contribution < 1.29 is 4.79 Å². The summed E-state index contributed by atoms with van der Waals surface area (Å²) in [5.41, 5.74) is 6.40. The normalized spacial score (nSPS) is 24.4.